The van der Waals surface area contributed by atoms with Crippen molar-refractivity contribution in [3.63, 3.8) is 0 Å². The molecule has 0 saturated carbocycles. The lowest BCUT2D eigenvalue weighted by Gasteiger charge is -2.27. The van der Waals surface area contributed by atoms with Gasteiger partial charge >= 0.3 is 0 Å². The molecule has 1 unspecified atom stereocenters. The predicted molar refractivity (Wildman–Crippen MR) is 133 cm³/mol. The Bertz CT molecular complexity index is 995. The van der Waals surface area contributed by atoms with E-state index in [9.17, 15) is 14.4 Å². The summed E-state index contributed by atoms with van der Waals surface area (Å²) in [6.07, 6.45) is 0.802. The number of anilines is 2. The molecule has 0 spiro atoms. The molecule has 0 saturated heterocycles. The summed E-state index contributed by atoms with van der Waals surface area (Å²) in [5.41, 5.74) is 5.75. The van der Waals surface area contributed by atoms with Gasteiger partial charge in [0.25, 0.3) is 0 Å². The third-order valence-electron chi connectivity index (χ3n) is 5.78. The molecule has 2 N–H and O–H groups in total. The largest absolute Gasteiger partial charge is 0.335 e. The van der Waals surface area contributed by atoms with Crippen LogP contribution in [-0.4, -0.2) is 60.7 Å². The summed E-state index contributed by atoms with van der Waals surface area (Å²) >= 11 is 0. The quantitative estimate of drug-likeness (QED) is 0.610. The maximum Gasteiger partial charge on any atom is 0.243 e. The van der Waals surface area contributed by atoms with E-state index in [4.69, 9.17) is 0 Å². The van der Waals surface area contributed by atoms with Crippen molar-refractivity contribution in [2.75, 3.05) is 37.8 Å². The van der Waals surface area contributed by atoms with Gasteiger partial charge in [0.15, 0.2) is 0 Å². The minimum atomic E-state index is -0.559. The number of rotatable bonds is 9. The predicted octanol–water partition coefficient (Wildman–Crippen LogP) is 3.53. The first-order valence-corrected chi connectivity index (χ1v) is 11.2. The minimum Gasteiger partial charge on any atom is -0.335 e. The van der Waals surface area contributed by atoms with E-state index >= 15 is 0 Å². The normalized spacial score (nSPS) is 11.8. The lowest BCUT2D eigenvalue weighted by atomic mass is 10.1. The summed E-state index contributed by atoms with van der Waals surface area (Å²) < 4.78 is 0. The van der Waals surface area contributed by atoms with Crippen LogP contribution >= 0.6 is 0 Å². The van der Waals surface area contributed by atoms with Crippen LogP contribution in [-0.2, 0) is 20.8 Å². The molecule has 7 heteroatoms. The van der Waals surface area contributed by atoms with E-state index in [1.165, 1.54) is 4.90 Å². The second-order valence-corrected chi connectivity index (χ2v) is 8.67. The smallest absolute Gasteiger partial charge is 0.243 e. The third-order valence-corrected chi connectivity index (χ3v) is 5.78. The maximum absolute atomic E-state index is 12.9. The van der Waals surface area contributed by atoms with Crippen molar-refractivity contribution in [1.29, 1.82) is 0 Å². The number of amides is 3. The second kappa shape index (κ2) is 11.6. The number of aryl methyl sites for hydroxylation is 4. The van der Waals surface area contributed by atoms with Crippen molar-refractivity contribution in [3.05, 3.63) is 58.7 Å². The van der Waals surface area contributed by atoms with Crippen LogP contribution in [0.2, 0.25) is 0 Å². The summed E-state index contributed by atoms with van der Waals surface area (Å²) in [6, 6.07) is 11.1. The molecule has 1 atom stereocenters. The summed E-state index contributed by atoms with van der Waals surface area (Å²) in [4.78, 5) is 41.0. The zero-order chi connectivity index (χ0) is 24.7. The van der Waals surface area contributed by atoms with Gasteiger partial charge in [0, 0.05) is 18.4 Å². The van der Waals surface area contributed by atoms with Gasteiger partial charge in [-0.1, -0.05) is 42.8 Å². The number of para-hydroxylation sites is 1. The molecule has 0 aromatic heterocycles. The molecule has 0 aliphatic carbocycles. The van der Waals surface area contributed by atoms with Crippen LogP contribution in [0.4, 0.5) is 11.4 Å². The van der Waals surface area contributed by atoms with Crippen molar-refractivity contribution in [3.8, 4) is 0 Å². The SMILES string of the molecule is CCc1ccccc1NC(=O)CN(C)C(=O)C(C)N(C)CC(=O)Nc1c(C)cc(C)cc1C. The average molecular weight is 453 g/mol. The number of carbonyl (C=O) groups excluding carboxylic acids is 3. The van der Waals surface area contributed by atoms with Crippen LogP contribution in [0.5, 0.6) is 0 Å². The fraction of sp³-hybridized carbons (Fsp3) is 0.423. The van der Waals surface area contributed by atoms with Gasteiger partial charge in [0.05, 0.1) is 19.1 Å². The van der Waals surface area contributed by atoms with Gasteiger partial charge < -0.3 is 15.5 Å². The van der Waals surface area contributed by atoms with Crippen LogP contribution in [0.3, 0.4) is 0 Å². The van der Waals surface area contributed by atoms with Crippen LogP contribution in [0, 0.1) is 20.8 Å². The van der Waals surface area contributed by atoms with E-state index in [-0.39, 0.29) is 30.8 Å². The molecule has 0 radical (unpaired) electrons. The van der Waals surface area contributed by atoms with Crippen LogP contribution in [0.15, 0.2) is 36.4 Å². The molecule has 2 aromatic carbocycles. The molecular formula is C26H36N4O3. The Morgan fingerprint density at radius 2 is 1.48 bits per heavy atom. The molecular weight excluding hydrogens is 416 g/mol. The molecule has 7 nitrogen and oxygen atoms in total. The van der Waals surface area contributed by atoms with Gasteiger partial charge in [0.1, 0.15) is 0 Å². The Hall–Kier alpha value is -3.19. The van der Waals surface area contributed by atoms with Crippen molar-refractivity contribution >= 4 is 29.1 Å². The van der Waals surface area contributed by atoms with E-state index in [0.717, 1.165) is 40.0 Å². The number of hydrogen-bond donors (Lipinski definition) is 2. The molecule has 3 amide bonds. The Morgan fingerprint density at radius 1 is 0.909 bits per heavy atom. The topological polar surface area (TPSA) is 81.8 Å². The third kappa shape index (κ3) is 7.15. The Kier molecular flexibility index (Phi) is 9.17. The lowest BCUT2D eigenvalue weighted by molar-refractivity contribution is -0.137. The first-order chi connectivity index (χ1) is 15.5. The van der Waals surface area contributed by atoms with Gasteiger partial charge in [0.2, 0.25) is 17.7 Å². The Labute approximate surface area is 197 Å². The maximum atomic E-state index is 12.9. The molecule has 0 bridgehead atoms. The van der Waals surface area contributed by atoms with E-state index in [1.807, 2.05) is 64.1 Å². The molecule has 2 aromatic rings. The number of benzene rings is 2. The lowest BCUT2D eigenvalue weighted by Crippen LogP contribution is -2.48. The monoisotopic (exact) mass is 452 g/mol. The Balaban J connectivity index is 1.92. The summed E-state index contributed by atoms with van der Waals surface area (Å²) in [5.74, 6) is -0.680. The number of carbonyl (C=O) groups is 3. The number of nitrogens with zero attached hydrogens (tertiary/aromatic N) is 2. The van der Waals surface area contributed by atoms with Gasteiger partial charge in [-0.3, -0.25) is 19.3 Å². The molecule has 178 valence electrons. The molecule has 0 fully saturated rings. The highest BCUT2D eigenvalue weighted by Crippen LogP contribution is 2.22. The summed E-state index contributed by atoms with van der Waals surface area (Å²) in [5, 5.41) is 5.84. The van der Waals surface area contributed by atoms with Crippen molar-refractivity contribution < 1.29 is 14.4 Å². The first-order valence-electron chi connectivity index (χ1n) is 11.2. The van der Waals surface area contributed by atoms with Crippen LogP contribution in [0.25, 0.3) is 0 Å². The van der Waals surface area contributed by atoms with E-state index in [0.29, 0.717) is 0 Å². The molecule has 0 aliphatic heterocycles. The highest BCUT2D eigenvalue weighted by atomic mass is 16.2. The highest BCUT2D eigenvalue weighted by molar-refractivity contribution is 5.96. The van der Waals surface area contributed by atoms with Crippen molar-refractivity contribution in [2.45, 2.75) is 47.1 Å². The average Bonchev–Trinajstić information content (AvgIpc) is 2.75. The molecule has 0 heterocycles. The summed E-state index contributed by atoms with van der Waals surface area (Å²) in [6.45, 7) is 9.70. The Morgan fingerprint density at radius 3 is 2.09 bits per heavy atom. The number of nitrogens with one attached hydrogen (secondary N) is 2. The fourth-order valence-corrected chi connectivity index (χ4v) is 3.86. The molecule has 2 rings (SSSR count). The number of likely N-dealkylation sites (N-methyl/N-ethyl adjacent to an activating group) is 2. The van der Waals surface area contributed by atoms with Crippen LogP contribution < -0.4 is 10.6 Å². The summed E-state index contributed by atoms with van der Waals surface area (Å²) in [7, 11) is 3.32. The van der Waals surface area contributed by atoms with E-state index < -0.39 is 6.04 Å². The van der Waals surface area contributed by atoms with Crippen molar-refractivity contribution in [2.24, 2.45) is 0 Å². The van der Waals surface area contributed by atoms with Crippen molar-refractivity contribution in [1.82, 2.24) is 9.80 Å². The molecule has 0 aliphatic rings. The molecule has 33 heavy (non-hydrogen) atoms. The zero-order valence-electron chi connectivity index (χ0n) is 20.8. The number of hydrogen-bond acceptors (Lipinski definition) is 4. The highest BCUT2D eigenvalue weighted by Gasteiger charge is 2.25. The van der Waals surface area contributed by atoms with Gasteiger partial charge in [-0.25, -0.2) is 0 Å². The standard InChI is InChI=1S/C26H36N4O3/c1-8-21-11-9-10-12-22(21)27-23(31)16-30(7)26(33)20(5)29(6)15-24(32)28-25-18(3)13-17(2)14-19(25)4/h9-14,20H,8,15-16H2,1-7H3,(H,27,31)(H,28,32). The zero-order valence-corrected chi connectivity index (χ0v) is 20.8. The van der Waals surface area contributed by atoms with E-state index in [2.05, 4.69) is 10.6 Å². The van der Waals surface area contributed by atoms with E-state index in [1.54, 1.807) is 25.9 Å². The first kappa shape index (κ1) is 26.1. The van der Waals surface area contributed by atoms with Gasteiger partial charge in [-0.15, -0.1) is 0 Å². The second-order valence-electron chi connectivity index (χ2n) is 8.67. The van der Waals surface area contributed by atoms with Crippen LogP contribution in [0.1, 0.15) is 36.1 Å². The minimum absolute atomic E-state index is 0.0591. The fourth-order valence-electron chi connectivity index (χ4n) is 3.86. The van der Waals surface area contributed by atoms with Gasteiger partial charge in [-0.05, 0) is 63.9 Å². The van der Waals surface area contributed by atoms with Gasteiger partial charge in [-0.2, -0.15) is 0 Å².